The molecule has 0 saturated carbocycles. The van der Waals surface area contributed by atoms with E-state index in [-0.39, 0.29) is 11.9 Å². The smallest absolute Gasteiger partial charge is 0.270 e. The third-order valence-corrected chi connectivity index (χ3v) is 3.65. The zero-order valence-electron chi connectivity index (χ0n) is 12.6. The summed E-state index contributed by atoms with van der Waals surface area (Å²) in [4.78, 5) is 20.8. The fraction of sp³-hybridized carbons (Fsp3) is 0.167. The minimum absolute atomic E-state index is 0.0666. The Labute approximate surface area is 129 Å². The van der Waals surface area contributed by atoms with E-state index < -0.39 is 0 Å². The summed E-state index contributed by atoms with van der Waals surface area (Å²) >= 11 is 0. The van der Waals surface area contributed by atoms with Crippen LogP contribution in [0, 0.1) is 6.92 Å². The van der Waals surface area contributed by atoms with Gasteiger partial charge >= 0.3 is 0 Å². The van der Waals surface area contributed by atoms with E-state index >= 15 is 0 Å². The summed E-state index contributed by atoms with van der Waals surface area (Å²) in [7, 11) is 0. The largest absolute Gasteiger partial charge is 0.344 e. The Morgan fingerprint density at radius 3 is 2.64 bits per heavy atom. The molecular formula is C18H17N3O. The highest BCUT2D eigenvalue weighted by atomic mass is 16.1. The molecule has 1 amide bonds. The average Bonchev–Trinajstić information content (AvgIpc) is 2.55. The Bertz CT molecular complexity index is 812. The van der Waals surface area contributed by atoms with Gasteiger partial charge in [0, 0.05) is 17.8 Å². The predicted octanol–water partition coefficient (Wildman–Crippen LogP) is 3.43. The molecule has 4 heteroatoms. The number of pyridine rings is 2. The third kappa shape index (κ3) is 2.96. The van der Waals surface area contributed by atoms with Crippen molar-refractivity contribution in [1.82, 2.24) is 15.3 Å². The first-order valence-electron chi connectivity index (χ1n) is 7.22. The van der Waals surface area contributed by atoms with Crippen molar-refractivity contribution < 1.29 is 4.79 Å². The van der Waals surface area contributed by atoms with E-state index in [1.54, 1.807) is 24.5 Å². The van der Waals surface area contributed by atoms with E-state index in [0.29, 0.717) is 5.69 Å². The zero-order valence-corrected chi connectivity index (χ0v) is 12.6. The van der Waals surface area contributed by atoms with Crippen LogP contribution in [0.2, 0.25) is 0 Å². The van der Waals surface area contributed by atoms with E-state index in [9.17, 15) is 4.79 Å². The van der Waals surface area contributed by atoms with Gasteiger partial charge in [-0.15, -0.1) is 0 Å². The molecule has 2 aromatic heterocycles. The normalized spacial score (nSPS) is 12.1. The molecule has 0 aliphatic rings. The lowest BCUT2D eigenvalue weighted by Gasteiger charge is -2.14. The number of aryl methyl sites for hydroxylation is 1. The molecule has 1 atom stereocenters. The minimum Gasteiger partial charge on any atom is -0.344 e. The van der Waals surface area contributed by atoms with Crippen molar-refractivity contribution in [3.63, 3.8) is 0 Å². The number of carbonyl (C=O) groups is 1. The first kappa shape index (κ1) is 14.2. The van der Waals surface area contributed by atoms with Crippen LogP contribution in [0.3, 0.4) is 0 Å². The summed E-state index contributed by atoms with van der Waals surface area (Å²) in [6.07, 6.45) is 3.41. The molecule has 2 heterocycles. The van der Waals surface area contributed by atoms with Crippen LogP contribution in [0.25, 0.3) is 10.9 Å². The molecule has 22 heavy (non-hydrogen) atoms. The topological polar surface area (TPSA) is 54.9 Å². The van der Waals surface area contributed by atoms with Gasteiger partial charge < -0.3 is 5.32 Å². The van der Waals surface area contributed by atoms with Gasteiger partial charge in [-0.1, -0.05) is 29.8 Å². The third-order valence-electron chi connectivity index (χ3n) is 3.65. The van der Waals surface area contributed by atoms with E-state index in [0.717, 1.165) is 16.5 Å². The summed E-state index contributed by atoms with van der Waals surface area (Å²) in [5, 5.41) is 3.90. The van der Waals surface area contributed by atoms with Crippen LogP contribution in [-0.2, 0) is 0 Å². The van der Waals surface area contributed by atoms with Crippen LogP contribution in [-0.4, -0.2) is 15.9 Å². The molecule has 0 radical (unpaired) electrons. The standard InChI is InChI=1S/C18H17N3O/c1-12-3-5-14(6-4-12)13(2)20-18(22)17-8-7-15-11-19-10-9-16(15)21-17/h3-11,13H,1-2H3,(H,20,22)/t13-/m1/s1. The maximum atomic E-state index is 12.3. The number of hydrogen-bond donors (Lipinski definition) is 1. The maximum Gasteiger partial charge on any atom is 0.270 e. The predicted molar refractivity (Wildman–Crippen MR) is 86.6 cm³/mol. The minimum atomic E-state index is -0.174. The number of nitrogens with one attached hydrogen (secondary N) is 1. The second-order valence-corrected chi connectivity index (χ2v) is 5.37. The van der Waals surface area contributed by atoms with E-state index in [1.165, 1.54) is 5.56 Å². The first-order valence-corrected chi connectivity index (χ1v) is 7.22. The summed E-state index contributed by atoms with van der Waals surface area (Å²) in [6, 6.07) is 13.5. The molecule has 1 N–H and O–H groups in total. The number of carbonyl (C=O) groups excluding carboxylic acids is 1. The van der Waals surface area contributed by atoms with Crippen molar-refractivity contribution in [1.29, 1.82) is 0 Å². The van der Waals surface area contributed by atoms with Crippen LogP contribution < -0.4 is 5.32 Å². The summed E-state index contributed by atoms with van der Waals surface area (Å²) in [5.74, 6) is -0.174. The van der Waals surface area contributed by atoms with Crippen molar-refractivity contribution in [3.05, 3.63) is 71.7 Å². The van der Waals surface area contributed by atoms with Gasteiger partial charge in [-0.3, -0.25) is 9.78 Å². The Morgan fingerprint density at radius 2 is 1.86 bits per heavy atom. The van der Waals surface area contributed by atoms with Gasteiger partial charge in [-0.05, 0) is 37.6 Å². The van der Waals surface area contributed by atoms with Crippen molar-refractivity contribution in [2.75, 3.05) is 0 Å². The molecule has 0 spiro atoms. The van der Waals surface area contributed by atoms with Gasteiger partial charge in [0.05, 0.1) is 11.6 Å². The van der Waals surface area contributed by atoms with Gasteiger partial charge in [0.25, 0.3) is 5.91 Å². The summed E-state index contributed by atoms with van der Waals surface area (Å²) < 4.78 is 0. The molecule has 110 valence electrons. The molecular weight excluding hydrogens is 274 g/mol. The van der Waals surface area contributed by atoms with Crippen LogP contribution in [0.5, 0.6) is 0 Å². The Kier molecular flexibility index (Phi) is 3.83. The van der Waals surface area contributed by atoms with E-state index in [1.807, 2.05) is 44.2 Å². The van der Waals surface area contributed by atoms with Crippen LogP contribution in [0.4, 0.5) is 0 Å². The van der Waals surface area contributed by atoms with Crippen LogP contribution in [0.15, 0.2) is 54.9 Å². The van der Waals surface area contributed by atoms with Gasteiger partial charge in [0.15, 0.2) is 0 Å². The second kappa shape index (κ2) is 5.93. The number of amides is 1. The molecule has 0 saturated heterocycles. The number of hydrogen-bond acceptors (Lipinski definition) is 3. The quantitative estimate of drug-likeness (QED) is 0.804. The van der Waals surface area contributed by atoms with Crippen molar-refractivity contribution in [3.8, 4) is 0 Å². The van der Waals surface area contributed by atoms with Crippen LogP contribution in [0.1, 0.15) is 34.6 Å². The fourth-order valence-electron chi connectivity index (χ4n) is 2.30. The lowest BCUT2D eigenvalue weighted by atomic mass is 10.1. The first-order chi connectivity index (χ1) is 10.6. The molecule has 0 aliphatic carbocycles. The molecule has 0 unspecified atom stereocenters. The molecule has 4 nitrogen and oxygen atoms in total. The number of nitrogens with zero attached hydrogens (tertiary/aromatic N) is 2. The SMILES string of the molecule is Cc1ccc([C@@H](C)NC(=O)c2ccc3cnccc3n2)cc1. The summed E-state index contributed by atoms with van der Waals surface area (Å²) in [5.41, 5.74) is 3.46. The molecule has 1 aromatic carbocycles. The van der Waals surface area contributed by atoms with Crippen molar-refractivity contribution in [2.45, 2.75) is 19.9 Å². The fourth-order valence-corrected chi connectivity index (χ4v) is 2.30. The highest BCUT2D eigenvalue weighted by molar-refractivity contribution is 5.94. The van der Waals surface area contributed by atoms with E-state index in [4.69, 9.17) is 0 Å². The van der Waals surface area contributed by atoms with Crippen molar-refractivity contribution in [2.24, 2.45) is 0 Å². The van der Waals surface area contributed by atoms with Crippen molar-refractivity contribution >= 4 is 16.8 Å². The maximum absolute atomic E-state index is 12.3. The number of aromatic nitrogens is 2. The Hall–Kier alpha value is -2.75. The second-order valence-electron chi connectivity index (χ2n) is 5.37. The molecule has 3 rings (SSSR count). The van der Waals surface area contributed by atoms with Gasteiger partial charge in [0.2, 0.25) is 0 Å². The van der Waals surface area contributed by atoms with Gasteiger partial charge in [-0.2, -0.15) is 0 Å². The van der Waals surface area contributed by atoms with Gasteiger partial charge in [-0.25, -0.2) is 4.98 Å². The summed E-state index contributed by atoms with van der Waals surface area (Å²) in [6.45, 7) is 4.01. The molecule has 3 aromatic rings. The zero-order chi connectivity index (χ0) is 15.5. The molecule has 0 fully saturated rings. The molecule has 0 aliphatic heterocycles. The number of benzene rings is 1. The average molecular weight is 291 g/mol. The highest BCUT2D eigenvalue weighted by Crippen LogP contribution is 2.15. The lowest BCUT2D eigenvalue weighted by molar-refractivity contribution is 0.0935. The van der Waals surface area contributed by atoms with Gasteiger partial charge in [0.1, 0.15) is 5.69 Å². The highest BCUT2D eigenvalue weighted by Gasteiger charge is 2.13. The monoisotopic (exact) mass is 291 g/mol. The Morgan fingerprint density at radius 1 is 1.09 bits per heavy atom. The number of fused-ring (bicyclic) bond motifs is 1. The lowest BCUT2D eigenvalue weighted by Crippen LogP contribution is -2.27. The van der Waals surface area contributed by atoms with Crippen LogP contribution >= 0.6 is 0 Å². The number of rotatable bonds is 3. The molecule has 0 bridgehead atoms. The Balaban J connectivity index is 1.79. The van der Waals surface area contributed by atoms with E-state index in [2.05, 4.69) is 15.3 Å².